The average Bonchev–Trinajstić information content (AvgIpc) is 2.62. The molecular formula is C18H18Cl2FN3O3. The van der Waals surface area contributed by atoms with Gasteiger partial charge >= 0.3 is 0 Å². The van der Waals surface area contributed by atoms with Crippen molar-refractivity contribution in [1.82, 2.24) is 4.98 Å². The van der Waals surface area contributed by atoms with Crippen LogP contribution in [-0.2, 0) is 0 Å². The van der Waals surface area contributed by atoms with E-state index in [0.717, 1.165) is 0 Å². The predicted molar refractivity (Wildman–Crippen MR) is 103 cm³/mol. The minimum Gasteiger partial charge on any atom is -0.482 e. The van der Waals surface area contributed by atoms with Crippen molar-refractivity contribution in [3.63, 3.8) is 0 Å². The third-order valence-corrected chi connectivity index (χ3v) is 4.80. The molecule has 2 N–H and O–H groups in total. The number of pyridine rings is 1. The van der Waals surface area contributed by atoms with E-state index in [1.165, 1.54) is 24.5 Å². The fourth-order valence-corrected chi connectivity index (χ4v) is 3.14. The van der Waals surface area contributed by atoms with Crippen molar-refractivity contribution in [3.8, 4) is 11.5 Å². The maximum Gasteiger partial charge on any atom is 0.257 e. The monoisotopic (exact) mass is 413 g/mol. The van der Waals surface area contributed by atoms with Crippen molar-refractivity contribution < 1.29 is 19.0 Å². The van der Waals surface area contributed by atoms with Crippen LogP contribution in [0.1, 0.15) is 31.1 Å². The summed E-state index contributed by atoms with van der Waals surface area (Å²) < 4.78 is 18.9. The van der Waals surface area contributed by atoms with Crippen LogP contribution in [0.4, 0.5) is 15.9 Å². The molecule has 1 atom stereocenters. The van der Waals surface area contributed by atoms with E-state index in [0.29, 0.717) is 12.2 Å². The molecule has 0 aliphatic carbocycles. The lowest BCUT2D eigenvalue weighted by atomic mass is 9.88. The van der Waals surface area contributed by atoms with Crippen LogP contribution in [0.3, 0.4) is 0 Å². The number of aromatic nitrogens is 1. The third-order valence-electron chi connectivity index (χ3n) is 4.23. The second-order valence-corrected chi connectivity index (χ2v) is 7.99. The zero-order valence-corrected chi connectivity index (χ0v) is 16.4. The highest BCUT2D eigenvalue weighted by molar-refractivity contribution is 6.39. The van der Waals surface area contributed by atoms with E-state index in [1.807, 2.05) is 20.8 Å². The lowest BCUT2D eigenvalue weighted by Crippen LogP contribution is -2.41. The number of anilines is 2. The first-order valence-corrected chi connectivity index (χ1v) is 8.94. The van der Waals surface area contributed by atoms with Crippen LogP contribution in [0.15, 0.2) is 24.5 Å². The fraction of sp³-hybridized carbons (Fsp3) is 0.333. The fourth-order valence-electron chi connectivity index (χ4n) is 2.68. The number of rotatable bonds is 3. The molecular weight excluding hydrogens is 396 g/mol. The van der Waals surface area contributed by atoms with Gasteiger partial charge in [-0.3, -0.25) is 14.7 Å². The van der Waals surface area contributed by atoms with Gasteiger partial charge < -0.3 is 15.4 Å². The van der Waals surface area contributed by atoms with Crippen molar-refractivity contribution >= 4 is 40.5 Å². The van der Waals surface area contributed by atoms with E-state index < -0.39 is 5.91 Å². The summed E-state index contributed by atoms with van der Waals surface area (Å²) >= 11 is 12.1. The molecule has 1 unspecified atom stereocenters. The van der Waals surface area contributed by atoms with Crippen molar-refractivity contribution in [1.29, 1.82) is 0 Å². The number of benzene rings is 1. The van der Waals surface area contributed by atoms with Gasteiger partial charge in [-0.1, -0.05) is 44.0 Å². The minimum absolute atomic E-state index is 0.108. The molecule has 6 nitrogen and oxygen atoms in total. The molecule has 0 radical (unpaired) electrons. The molecule has 0 spiro atoms. The highest BCUT2D eigenvalue weighted by Gasteiger charge is 2.34. The third kappa shape index (κ3) is 3.89. The molecule has 1 aliphatic rings. The van der Waals surface area contributed by atoms with E-state index in [-0.39, 0.29) is 44.3 Å². The number of hydrogen-bond donors (Lipinski definition) is 2. The van der Waals surface area contributed by atoms with Gasteiger partial charge in [-0.15, -0.1) is 0 Å². The van der Waals surface area contributed by atoms with Crippen molar-refractivity contribution in [2.45, 2.75) is 26.9 Å². The molecule has 3 rings (SSSR count). The van der Waals surface area contributed by atoms with Crippen LogP contribution in [-0.4, -0.2) is 23.5 Å². The maximum absolute atomic E-state index is 13.0. The Balaban J connectivity index is 1.97. The molecule has 2 aromatic rings. The van der Waals surface area contributed by atoms with Gasteiger partial charge in [0.05, 0.1) is 33.5 Å². The number of carbonyl (C=O) groups excluding carboxylic acids is 1. The second kappa shape index (κ2) is 7.40. The highest BCUT2D eigenvalue weighted by Crippen LogP contribution is 2.44. The van der Waals surface area contributed by atoms with E-state index in [9.17, 15) is 9.32 Å². The first-order valence-electron chi connectivity index (χ1n) is 8.19. The summed E-state index contributed by atoms with van der Waals surface area (Å²) in [5, 5.41) is 6.20. The van der Waals surface area contributed by atoms with Crippen molar-refractivity contribution in [3.05, 3.63) is 40.1 Å². The largest absolute Gasteiger partial charge is 0.482 e. The van der Waals surface area contributed by atoms with Gasteiger partial charge in [-0.25, -0.2) is 0 Å². The minimum atomic E-state index is -0.489. The molecule has 1 amide bonds. The van der Waals surface area contributed by atoms with Crippen molar-refractivity contribution in [2.75, 3.05) is 17.2 Å². The molecule has 27 heavy (non-hydrogen) atoms. The predicted octanol–water partition coefficient (Wildman–Crippen LogP) is 5.12. The van der Waals surface area contributed by atoms with Gasteiger partial charge in [0.2, 0.25) is 5.75 Å². The van der Waals surface area contributed by atoms with Crippen LogP contribution in [0.2, 0.25) is 10.0 Å². The van der Waals surface area contributed by atoms with E-state index in [2.05, 4.69) is 20.6 Å². The number of halogens is 3. The van der Waals surface area contributed by atoms with Gasteiger partial charge in [0, 0.05) is 22.3 Å². The Morgan fingerprint density at radius 3 is 2.59 bits per heavy atom. The topological polar surface area (TPSA) is 72.5 Å². The molecule has 2 heterocycles. The Morgan fingerprint density at radius 1 is 1.33 bits per heavy atom. The molecule has 1 aromatic heterocycles. The van der Waals surface area contributed by atoms with E-state index >= 15 is 0 Å². The molecule has 0 saturated carbocycles. The summed E-state index contributed by atoms with van der Waals surface area (Å²) in [6.07, 6.45) is 2.50. The van der Waals surface area contributed by atoms with Crippen LogP contribution in [0.25, 0.3) is 0 Å². The van der Waals surface area contributed by atoms with Gasteiger partial charge in [0.1, 0.15) is 6.10 Å². The van der Waals surface area contributed by atoms with Gasteiger partial charge in [0.15, 0.2) is 5.75 Å². The second-order valence-electron chi connectivity index (χ2n) is 7.18. The molecule has 144 valence electrons. The Labute approximate surface area is 165 Å². The van der Waals surface area contributed by atoms with Gasteiger partial charge in [-0.05, 0) is 12.1 Å². The molecule has 0 fully saturated rings. The lowest BCUT2D eigenvalue weighted by Gasteiger charge is -2.36. The molecule has 9 heteroatoms. The maximum atomic E-state index is 13.0. The quantitative estimate of drug-likeness (QED) is 0.729. The number of hydrogen-bond acceptors (Lipinski definition) is 5. The number of ether oxygens (including phenoxy) is 1. The van der Waals surface area contributed by atoms with Gasteiger partial charge in [0.25, 0.3) is 5.91 Å². The Morgan fingerprint density at radius 2 is 2.00 bits per heavy atom. The van der Waals surface area contributed by atoms with Crippen LogP contribution < -0.4 is 20.3 Å². The van der Waals surface area contributed by atoms with Gasteiger partial charge in [-0.2, -0.15) is 0 Å². The number of fused-ring (bicyclic) bond motifs is 1. The average molecular weight is 414 g/mol. The Kier molecular flexibility index (Phi) is 5.35. The van der Waals surface area contributed by atoms with E-state index in [4.69, 9.17) is 27.9 Å². The molecule has 1 aliphatic heterocycles. The van der Waals surface area contributed by atoms with Crippen LogP contribution in [0, 0.1) is 5.41 Å². The Hall–Kier alpha value is -2.25. The highest BCUT2D eigenvalue weighted by atomic mass is 35.5. The summed E-state index contributed by atoms with van der Waals surface area (Å²) in [5.41, 5.74) is 0.614. The summed E-state index contributed by atoms with van der Waals surface area (Å²) in [4.78, 5) is 20.6. The molecule has 1 aromatic carbocycles. The first-order chi connectivity index (χ1) is 12.7. The van der Waals surface area contributed by atoms with E-state index in [1.54, 1.807) is 0 Å². The molecule has 0 saturated heterocycles. The zero-order chi connectivity index (χ0) is 19.8. The summed E-state index contributed by atoms with van der Waals surface area (Å²) in [7, 11) is 0. The molecule has 0 bridgehead atoms. The lowest BCUT2D eigenvalue weighted by molar-refractivity contribution is -0.0140. The number of carbonyl (C=O) groups is 1. The number of nitrogens with zero attached hydrogens (tertiary/aromatic N) is 1. The van der Waals surface area contributed by atoms with Crippen LogP contribution in [0.5, 0.6) is 11.5 Å². The standard InChI is InChI=1S/C18H18Cl2FN3O3/c1-18(2,3)13-8-23-14-9(4-5-12(27-21)16(14)26-13)17(25)24-15-10(19)6-22-7-11(15)20/h4-7,13,23H,8H2,1-3H3,(H,22,24,25). The normalized spacial score (nSPS) is 16.0. The smallest absolute Gasteiger partial charge is 0.257 e. The summed E-state index contributed by atoms with van der Waals surface area (Å²) in [6, 6.07) is 2.76. The summed E-state index contributed by atoms with van der Waals surface area (Å²) in [5.74, 6) is -0.455. The zero-order valence-electron chi connectivity index (χ0n) is 14.9. The summed E-state index contributed by atoms with van der Waals surface area (Å²) in [6.45, 7) is 6.46. The number of amides is 1. The Bertz CT molecular complexity index is 867. The first kappa shape index (κ1) is 19.5. The van der Waals surface area contributed by atoms with Crippen LogP contribution >= 0.6 is 23.2 Å². The number of nitrogens with one attached hydrogen (secondary N) is 2. The SMILES string of the molecule is CC(C)(C)C1CNc2c(C(=O)Nc3c(Cl)cncc3Cl)ccc(OF)c2O1. The van der Waals surface area contributed by atoms with Crippen molar-refractivity contribution in [2.24, 2.45) is 5.41 Å².